The standard InChI is InChI=1S/C27H22BrN3O4/c1-34-25-14-18(6-13-24(25)35-27(33)20-7-10-22(28)11-8-20)16-30-31-26(32)17-29-23-12-9-19-4-2-3-5-21(19)15-23/h2-16,29H,17H2,1H3,(H,31,32)/b30-16-. The Balaban J connectivity index is 1.32. The van der Waals surface area contributed by atoms with Crippen LogP contribution in [-0.2, 0) is 4.79 Å². The Bertz CT molecular complexity index is 1390. The van der Waals surface area contributed by atoms with Crippen LogP contribution >= 0.6 is 15.9 Å². The molecule has 0 saturated heterocycles. The Kier molecular flexibility index (Phi) is 7.74. The van der Waals surface area contributed by atoms with E-state index in [2.05, 4.69) is 31.8 Å². The fraction of sp³-hybridized carbons (Fsp3) is 0.0741. The highest BCUT2D eigenvalue weighted by Gasteiger charge is 2.13. The van der Waals surface area contributed by atoms with Gasteiger partial charge in [-0.1, -0.05) is 46.3 Å². The van der Waals surface area contributed by atoms with Gasteiger partial charge in [-0.3, -0.25) is 4.79 Å². The lowest BCUT2D eigenvalue weighted by atomic mass is 10.1. The first-order valence-corrected chi connectivity index (χ1v) is 11.5. The van der Waals surface area contributed by atoms with E-state index in [-0.39, 0.29) is 18.2 Å². The fourth-order valence-corrected chi connectivity index (χ4v) is 3.56. The first-order chi connectivity index (χ1) is 17.0. The van der Waals surface area contributed by atoms with Crippen LogP contribution in [-0.4, -0.2) is 31.7 Å². The van der Waals surface area contributed by atoms with E-state index in [9.17, 15) is 9.59 Å². The van der Waals surface area contributed by atoms with Crippen molar-refractivity contribution in [2.45, 2.75) is 0 Å². The number of nitrogens with zero attached hydrogens (tertiary/aromatic N) is 1. The maximum Gasteiger partial charge on any atom is 0.343 e. The maximum absolute atomic E-state index is 12.4. The van der Waals surface area contributed by atoms with Gasteiger partial charge in [-0.05, 0) is 70.9 Å². The molecule has 4 rings (SSSR count). The summed E-state index contributed by atoms with van der Waals surface area (Å²) in [6, 6.07) is 25.8. The predicted octanol–water partition coefficient (Wildman–Crippen LogP) is 5.39. The Labute approximate surface area is 210 Å². The third-order valence-corrected chi connectivity index (χ3v) is 5.60. The third-order valence-electron chi connectivity index (χ3n) is 5.08. The van der Waals surface area contributed by atoms with Crippen molar-refractivity contribution >= 4 is 50.5 Å². The number of carbonyl (C=O) groups excluding carboxylic acids is 2. The summed E-state index contributed by atoms with van der Waals surface area (Å²) in [5.41, 5.74) is 4.41. The van der Waals surface area contributed by atoms with Gasteiger partial charge in [0.2, 0.25) is 0 Å². The molecular formula is C27H22BrN3O4. The molecule has 0 heterocycles. The lowest BCUT2D eigenvalue weighted by molar-refractivity contribution is -0.119. The normalized spacial score (nSPS) is 10.8. The lowest BCUT2D eigenvalue weighted by Gasteiger charge is -2.10. The topological polar surface area (TPSA) is 89.0 Å². The highest BCUT2D eigenvalue weighted by molar-refractivity contribution is 9.10. The molecule has 0 fully saturated rings. The van der Waals surface area contributed by atoms with E-state index in [4.69, 9.17) is 9.47 Å². The molecule has 2 N–H and O–H groups in total. The molecule has 0 atom stereocenters. The molecule has 0 aliphatic carbocycles. The van der Waals surface area contributed by atoms with Crippen molar-refractivity contribution in [3.63, 3.8) is 0 Å². The zero-order chi connectivity index (χ0) is 24.6. The van der Waals surface area contributed by atoms with Gasteiger partial charge in [-0.25, -0.2) is 10.2 Å². The molecular weight excluding hydrogens is 510 g/mol. The predicted molar refractivity (Wildman–Crippen MR) is 140 cm³/mol. The number of amides is 1. The lowest BCUT2D eigenvalue weighted by Crippen LogP contribution is -2.25. The average Bonchev–Trinajstić information content (AvgIpc) is 2.88. The summed E-state index contributed by atoms with van der Waals surface area (Å²) >= 11 is 3.33. The molecule has 7 nitrogen and oxygen atoms in total. The van der Waals surface area contributed by atoms with E-state index in [1.807, 2.05) is 42.5 Å². The molecule has 176 valence electrons. The zero-order valence-corrected chi connectivity index (χ0v) is 20.4. The zero-order valence-electron chi connectivity index (χ0n) is 18.8. The summed E-state index contributed by atoms with van der Waals surface area (Å²) < 4.78 is 11.7. The van der Waals surface area contributed by atoms with Crippen molar-refractivity contribution in [3.8, 4) is 11.5 Å². The monoisotopic (exact) mass is 531 g/mol. The average molecular weight is 532 g/mol. The number of hydrazone groups is 1. The van der Waals surface area contributed by atoms with Gasteiger partial charge in [0.1, 0.15) is 0 Å². The number of anilines is 1. The molecule has 0 bridgehead atoms. The summed E-state index contributed by atoms with van der Waals surface area (Å²) in [4.78, 5) is 24.5. The quantitative estimate of drug-likeness (QED) is 0.138. The van der Waals surface area contributed by atoms with Crippen LogP contribution in [0.1, 0.15) is 15.9 Å². The van der Waals surface area contributed by atoms with E-state index < -0.39 is 5.97 Å². The number of benzene rings is 4. The molecule has 0 aliphatic rings. The van der Waals surface area contributed by atoms with Crippen LogP contribution in [0.4, 0.5) is 5.69 Å². The number of fused-ring (bicyclic) bond motifs is 1. The van der Waals surface area contributed by atoms with Crippen LogP contribution in [0.2, 0.25) is 0 Å². The van der Waals surface area contributed by atoms with Gasteiger partial charge in [0, 0.05) is 10.2 Å². The number of esters is 1. The molecule has 4 aromatic carbocycles. The maximum atomic E-state index is 12.4. The number of carbonyl (C=O) groups is 2. The van der Waals surface area contributed by atoms with Crippen LogP contribution in [0.5, 0.6) is 11.5 Å². The number of ether oxygens (including phenoxy) is 2. The summed E-state index contributed by atoms with van der Waals surface area (Å²) in [5.74, 6) is -0.144. The van der Waals surface area contributed by atoms with Crippen molar-refractivity contribution in [3.05, 3.63) is 101 Å². The van der Waals surface area contributed by atoms with E-state index in [0.29, 0.717) is 16.9 Å². The largest absolute Gasteiger partial charge is 0.493 e. The van der Waals surface area contributed by atoms with Gasteiger partial charge < -0.3 is 14.8 Å². The Morgan fingerprint density at radius 3 is 2.46 bits per heavy atom. The summed E-state index contributed by atoms with van der Waals surface area (Å²) in [5, 5.41) is 9.31. The molecule has 1 amide bonds. The SMILES string of the molecule is COc1cc(/C=N\NC(=O)CNc2ccc3ccccc3c2)ccc1OC(=O)c1ccc(Br)cc1. The van der Waals surface area contributed by atoms with Gasteiger partial charge in [-0.2, -0.15) is 5.10 Å². The number of hydrogen-bond acceptors (Lipinski definition) is 6. The van der Waals surface area contributed by atoms with E-state index >= 15 is 0 Å². The van der Waals surface area contributed by atoms with Crippen molar-refractivity contribution in [1.29, 1.82) is 0 Å². The van der Waals surface area contributed by atoms with Crippen molar-refractivity contribution in [2.24, 2.45) is 5.10 Å². The third kappa shape index (κ3) is 6.45. The fourth-order valence-electron chi connectivity index (χ4n) is 3.29. The van der Waals surface area contributed by atoms with Crippen LogP contribution in [0, 0.1) is 0 Å². The second-order valence-corrected chi connectivity index (χ2v) is 8.43. The molecule has 0 aliphatic heterocycles. The summed E-state index contributed by atoms with van der Waals surface area (Å²) in [6.07, 6.45) is 1.48. The molecule has 35 heavy (non-hydrogen) atoms. The minimum absolute atomic E-state index is 0.0734. The van der Waals surface area contributed by atoms with Crippen molar-refractivity contribution < 1.29 is 19.1 Å². The second-order valence-electron chi connectivity index (χ2n) is 7.52. The van der Waals surface area contributed by atoms with Gasteiger partial charge >= 0.3 is 5.97 Å². The minimum atomic E-state index is -0.497. The van der Waals surface area contributed by atoms with Crippen molar-refractivity contribution in [2.75, 3.05) is 19.0 Å². The van der Waals surface area contributed by atoms with Crippen LogP contribution < -0.4 is 20.2 Å². The minimum Gasteiger partial charge on any atom is -0.493 e. The number of rotatable bonds is 8. The molecule has 8 heteroatoms. The summed E-state index contributed by atoms with van der Waals surface area (Å²) in [7, 11) is 1.48. The Hall–Kier alpha value is -4.17. The first kappa shape index (κ1) is 24.0. The smallest absolute Gasteiger partial charge is 0.343 e. The van der Waals surface area contributed by atoms with Crippen LogP contribution in [0.25, 0.3) is 10.8 Å². The van der Waals surface area contributed by atoms with Crippen molar-refractivity contribution in [1.82, 2.24) is 5.43 Å². The second kappa shape index (κ2) is 11.3. The highest BCUT2D eigenvalue weighted by atomic mass is 79.9. The van der Waals surface area contributed by atoms with Gasteiger partial charge in [0.25, 0.3) is 5.91 Å². The first-order valence-electron chi connectivity index (χ1n) is 10.7. The Morgan fingerprint density at radius 1 is 0.914 bits per heavy atom. The molecule has 0 unspecified atom stereocenters. The molecule has 4 aromatic rings. The van der Waals surface area contributed by atoms with E-state index in [1.54, 1.807) is 42.5 Å². The Morgan fingerprint density at radius 2 is 1.69 bits per heavy atom. The van der Waals surface area contributed by atoms with E-state index in [1.165, 1.54) is 13.3 Å². The molecule has 0 aromatic heterocycles. The molecule has 0 saturated carbocycles. The number of halogens is 1. The summed E-state index contributed by atoms with van der Waals surface area (Å²) in [6.45, 7) is 0.0734. The molecule has 0 radical (unpaired) electrons. The van der Waals surface area contributed by atoms with Gasteiger partial charge in [0.15, 0.2) is 11.5 Å². The number of methoxy groups -OCH3 is 1. The highest BCUT2D eigenvalue weighted by Crippen LogP contribution is 2.28. The van der Waals surface area contributed by atoms with Gasteiger partial charge in [-0.15, -0.1) is 0 Å². The number of hydrogen-bond donors (Lipinski definition) is 2. The van der Waals surface area contributed by atoms with Crippen LogP contribution in [0.15, 0.2) is 94.5 Å². The molecule has 0 spiro atoms. The van der Waals surface area contributed by atoms with E-state index in [0.717, 1.165) is 20.9 Å². The van der Waals surface area contributed by atoms with Gasteiger partial charge in [0.05, 0.1) is 25.4 Å². The van der Waals surface area contributed by atoms with Crippen LogP contribution in [0.3, 0.4) is 0 Å². The number of nitrogens with one attached hydrogen (secondary N) is 2.